The zero-order chi connectivity index (χ0) is 26.4. The lowest BCUT2D eigenvalue weighted by Gasteiger charge is -2.32. The quantitative estimate of drug-likeness (QED) is 0.221. The van der Waals surface area contributed by atoms with Gasteiger partial charge in [0.05, 0.1) is 22.6 Å². The summed E-state index contributed by atoms with van der Waals surface area (Å²) < 4.78 is 1.64. The van der Waals surface area contributed by atoms with Crippen molar-refractivity contribution in [1.82, 2.24) is 14.5 Å². The minimum absolute atomic E-state index is 0.0548. The highest BCUT2D eigenvalue weighted by atomic mass is 35.5. The molecular weight excluding hydrogens is 482 g/mol. The third-order valence-electron chi connectivity index (χ3n) is 6.69. The van der Waals surface area contributed by atoms with E-state index in [9.17, 15) is 9.59 Å². The molecule has 0 bridgehead atoms. The molecule has 1 unspecified atom stereocenters. The predicted octanol–water partition coefficient (Wildman–Crippen LogP) is 7.39. The van der Waals surface area contributed by atoms with Crippen LogP contribution >= 0.6 is 11.6 Å². The molecule has 0 saturated heterocycles. The van der Waals surface area contributed by atoms with Gasteiger partial charge in [0.2, 0.25) is 0 Å². The molecule has 0 N–H and O–H groups in total. The largest absolute Gasteiger partial charge is 0.328 e. The molecule has 0 spiro atoms. The molecule has 3 aromatic carbocycles. The van der Waals surface area contributed by atoms with Crippen molar-refractivity contribution in [2.45, 2.75) is 58.9 Å². The second kappa shape index (κ2) is 12.2. The number of aryl methyl sites for hydroxylation is 1. The summed E-state index contributed by atoms with van der Waals surface area (Å²) in [6.45, 7) is 6.82. The van der Waals surface area contributed by atoms with Gasteiger partial charge in [0, 0.05) is 17.1 Å². The monoisotopic (exact) mass is 515 g/mol. The number of hydrogen-bond donors (Lipinski definition) is 0. The van der Waals surface area contributed by atoms with Gasteiger partial charge in [-0.05, 0) is 79.8 Å². The van der Waals surface area contributed by atoms with Crippen LogP contribution in [0.5, 0.6) is 0 Å². The van der Waals surface area contributed by atoms with Gasteiger partial charge in [-0.2, -0.15) is 0 Å². The molecule has 0 aliphatic rings. The Morgan fingerprint density at radius 3 is 2.30 bits per heavy atom. The number of amides is 1. The summed E-state index contributed by atoms with van der Waals surface area (Å²) in [6, 6.07) is 22.1. The summed E-state index contributed by atoms with van der Waals surface area (Å²) in [5, 5.41) is 1.12. The fourth-order valence-electron chi connectivity index (χ4n) is 4.76. The molecule has 1 aromatic heterocycles. The minimum Gasteiger partial charge on any atom is -0.328 e. The molecule has 0 radical (unpaired) electrons. The zero-order valence-corrected chi connectivity index (χ0v) is 22.5. The molecule has 6 heteroatoms. The van der Waals surface area contributed by atoms with E-state index in [-0.39, 0.29) is 17.5 Å². The number of carbonyl (C=O) groups excluding carboxylic acids is 1. The van der Waals surface area contributed by atoms with E-state index < -0.39 is 0 Å². The Morgan fingerprint density at radius 2 is 1.65 bits per heavy atom. The first kappa shape index (κ1) is 26.6. The van der Waals surface area contributed by atoms with Crippen molar-refractivity contribution in [2.75, 3.05) is 6.54 Å². The fraction of sp³-hybridized carbons (Fsp3) is 0.323. The van der Waals surface area contributed by atoms with Crippen molar-refractivity contribution >= 4 is 28.4 Å². The topological polar surface area (TPSA) is 55.2 Å². The van der Waals surface area contributed by atoms with Crippen molar-refractivity contribution in [3.05, 3.63) is 105 Å². The van der Waals surface area contributed by atoms with E-state index in [0.29, 0.717) is 46.0 Å². The Kier molecular flexibility index (Phi) is 8.78. The molecule has 5 nitrogen and oxygen atoms in total. The number of unbranched alkanes of at least 4 members (excludes halogenated alkanes) is 1. The van der Waals surface area contributed by atoms with Crippen molar-refractivity contribution < 1.29 is 4.79 Å². The summed E-state index contributed by atoms with van der Waals surface area (Å²) in [6.07, 6.45) is 4.67. The van der Waals surface area contributed by atoms with Crippen LogP contribution in [-0.2, 0) is 6.42 Å². The van der Waals surface area contributed by atoms with Gasteiger partial charge in [-0.1, -0.05) is 63.1 Å². The first-order valence-corrected chi connectivity index (χ1v) is 13.5. The van der Waals surface area contributed by atoms with Crippen molar-refractivity contribution in [3.63, 3.8) is 0 Å². The number of para-hydroxylation sites is 1. The van der Waals surface area contributed by atoms with E-state index >= 15 is 0 Å². The van der Waals surface area contributed by atoms with Crippen LogP contribution in [0, 0.1) is 0 Å². The second-order valence-electron chi connectivity index (χ2n) is 9.33. The molecule has 4 rings (SSSR count). The first-order chi connectivity index (χ1) is 18.0. The third kappa shape index (κ3) is 5.78. The molecule has 0 aliphatic carbocycles. The average molecular weight is 516 g/mol. The maximum Gasteiger partial charge on any atom is 0.266 e. The van der Waals surface area contributed by atoms with Gasteiger partial charge in [-0.25, -0.2) is 4.98 Å². The van der Waals surface area contributed by atoms with Gasteiger partial charge in [0.25, 0.3) is 11.5 Å². The number of aromatic nitrogens is 2. The molecule has 0 saturated carbocycles. The summed E-state index contributed by atoms with van der Waals surface area (Å²) in [4.78, 5) is 34.5. The number of rotatable bonds is 10. The average Bonchev–Trinajstić information content (AvgIpc) is 2.92. The van der Waals surface area contributed by atoms with E-state index in [1.807, 2.05) is 66.4 Å². The van der Waals surface area contributed by atoms with Crippen molar-refractivity contribution in [3.8, 4) is 5.69 Å². The minimum atomic E-state index is -0.389. The highest BCUT2D eigenvalue weighted by molar-refractivity contribution is 6.30. The molecule has 37 heavy (non-hydrogen) atoms. The molecule has 0 aliphatic heterocycles. The van der Waals surface area contributed by atoms with Crippen LogP contribution in [0.15, 0.2) is 77.6 Å². The number of nitrogens with zero attached hydrogens (tertiary/aromatic N) is 3. The molecule has 1 amide bonds. The number of carbonyl (C=O) groups is 1. The lowest BCUT2D eigenvalue weighted by molar-refractivity contribution is 0.0659. The maximum absolute atomic E-state index is 13.9. The number of benzene rings is 3. The predicted molar refractivity (Wildman–Crippen MR) is 152 cm³/mol. The second-order valence-corrected chi connectivity index (χ2v) is 9.76. The molecule has 4 aromatic rings. The van der Waals surface area contributed by atoms with E-state index in [1.54, 1.807) is 22.8 Å². The van der Waals surface area contributed by atoms with Crippen LogP contribution < -0.4 is 5.56 Å². The van der Waals surface area contributed by atoms with E-state index in [1.165, 1.54) is 5.56 Å². The van der Waals surface area contributed by atoms with Crippen LogP contribution in [-0.4, -0.2) is 26.9 Å². The Balaban J connectivity index is 1.83. The van der Waals surface area contributed by atoms with Gasteiger partial charge < -0.3 is 4.90 Å². The van der Waals surface area contributed by atoms with Crippen LogP contribution in [0.3, 0.4) is 0 Å². The summed E-state index contributed by atoms with van der Waals surface area (Å²) >= 11 is 6.15. The molecule has 1 heterocycles. The Hall–Kier alpha value is -3.44. The normalized spacial score (nSPS) is 12.0. The van der Waals surface area contributed by atoms with Gasteiger partial charge in [-0.15, -0.1) is 0 Å². The Bertz CT molecular complexity index is 1410. The standard InChI is InChI=1S/C31H34ClN3O2/c1-4-7-10-22-13-15-23(16-14-22)30(36)34(21-5-2)28(6-3)29-33-27-12-9-8-11-26(27)31(37)35(29)25-19-17-24(32)18-20-25/h8-9,11-20,28H,4-7,10,21H2,1-3H3. The summed E-state index contributed by atoms with van der Waals surface area (Å²) in [5.41, 5.74) is 3.01. The van der Waals surface area contributed by atoms with Gasteiger partial charge in [0.15, 0.2) is 0 Å². The van der Waals surface area contributed by atoms with Gasteiger partial charge in [0.1, 0.15) is 5.82 Å². The fourth-order valence-corrected chi connectivity index (χ4v) is 4.88. The zero-order valence-electron chi connectivity index (χ0n) is 21.8. The molecule has 1 atom stereocenters. The maximum atomic E-state index is 13.9. The molecule has 0 fully saturated rings. The number of halogens is 1. The van der Waals surface area contributed by atoms with E-state index in [4.69, 9.17) is 16.6 Å². The Morgan fingerprint density at radius 1 is 0.946 bits per heavy atom. The number of hydrogen-bond acceptors (Lipinski definition) is 3. The van der Waals surface area contributed by atoms with Crippen molar-refractivity contribution in [2.24, 2.45) is 0 Å². The summed E-state index contributed by atoms with van der Waals surface area (Å²) in [5.74, 6) is 0.496. The van der Waals surface area contributed by atoms with Gasteiger partial charge in [-0.3, -0.25) is 14.2 Å². The van der Waals surface area contributed by atoms with E-state index in [2.05, 4.69) is 13.8 Å². The molecular formula is C31H34ClN3O2. The smallest absolute Gasteiger partial charge is 0.266 e. The van der Waals surface area contributed by atoms with Crippen LogP contribution in [0.1, 0.15) is 74.2 Å². The first-order valence-electron chi connectivity index (χ1n) is 13.2. The lowest BCUT2D eigenvalue weighted by atomic mass is 10.0. The van der Waals surface area contributed by atoms with Crippen LogP contribution in [0.25, 0.3) is 16.6 Å². The van der Waals surface area contributed by atoms with Gasteiger partial charge >= 0.3 is 0 Å². The third-order valence-corrected chi connectivity index (χ3v) is 6.94. The van der Waals surface area contributed by atoms with Crippen LogP contribution in [0.2, 0.25) is 5.02 Å². The van der Waals surface area contributed by atoms with Crippen LogP contribution in [0.4, 0.5) is 0 Å². The Labute approximate surface area is 223 Å². The highest BCUT2D eigenvalue weighted by Gasteiger charge is 2.29. The highest BCUT2D eigenvalue weighted by Crippen LogP contribution is 2.28. The van der Waals surface area contributed by atoms with E-state index in [0.717, 1.165) is 25.7 Å². The van der Waals surface area contributed by atoms with Crippen molar-refractivity contribution in [1.29, 1.82) is 0 Å². The molecule has 192 valence electrons. The lowest BCUT2D eigenvalue weighted by Crippen LogP contribution is -2.39. The summed E-state index contributed by atoms with van der Waals surface area (Å²) in [7, 11) is 0. The number of fused-ring (bicyclic) bond motifs is 1. The SMILES string of the molecule is CCCCc1ccc(C(=O)N(CCC)C(CC)c2nc3ccccc3c(=O)n2-c2ccc(Cl)cc2)cc1.